The van der Waals surface area contributed by atoms with Crippen LogP contribution in [0.5, 0.6) is 5.75 Å². The molecular formula is C16H19ClN2O. The summed E-state index contributed by atoms with van der Waals surface area (Å²) in [5.74, 6) is 0.832. The van der Waals surface area contributed by atoms with E-state index < -0.39 is 0 Å². The van der Waals surface area contributed by atoms with Crippen molar-refractivity contribution in [1.82, 2.24) is 10.3 Å². The van der Waals surface area contributed by atoms with Crippen molar-refractivity contribution < 1.29 is 4.74 Å². The summed E-state index contributed by atoms with van der Waals surface area (Å²) < 4.78 is 5.80. The summed E-state index contributed by atoms with van der Waals surface area (Å²) in [7, 11) is 0. The van der Waals surface area contributed by atoms with Gasteiger partial charge in [-0.2, -0.15) is 0 Å². The Morgan fingerprint density at radius 1 is 1.20 bits per heavy atom. The van der Waals surface area contributed by atoms with Crippen molar-refractivity contribution in [2.45, 2.75) is 19.4 Å². The van der Waals surface area contributed by atoms with Crippen LogP contribution in [0.15, 0.2) is 48.7 Å². The molecule has 0 bridgehead atoms. The van der Waals surface area contributed by atoms with Crippen molar-refractivity contribution in [3.8, 4) is 5.75 Å². The molecule has 106 valence electrons. The van der Waals surface area contributed by atoms with Crippen LogP contribution in [-0.2, 0) is 6.42 Å². The Balaban J connectivity index is 1.90. The van der Waals surface area contributed by atoms with Crippen LogP contribution in [-0.4, -0.2) is 24.2 Å². The molecule has 0 saturated carbocycles. The molecule has 0 aliphatic heterocycles. The normalized spacial score (nSPS) is 12.1. The predicted octanol–water partition coefficient (Wildman–Crippen LogP) is 3.33. The third-order valence-corrected chi connectivity index (χ3v) is 3.19. The van der Waals surface area contributed by atoms with Gasteiger partial charge >= 0.3 is 0 Å². The molecule has 4 heteroatoms. The number of benzene rings is 1. The molecule has 1 atom stereocenters. The molecule has 0 saturated heterocycles. The SMILES string of the molecule is CCNC(COc1ccc(Cl)cc1)Cc1ccccn1. The number of hydrogen-bond acceptors (Lipinski definition) is 3. The molecule has 0 amide bonds. The standard InChI is InChI=1S/C16H19ClN2O/c1-2-18-15(11-14-5-3-4-10-19-14)12-20-16-8-6-13(17)7-9-16/h3-10,15,18H,2,11-12H2,1H3. The van der Waals surface area contributed by atoms with E-state index in [1.165, 1.54) is 0 Å². The smallest absolute Gasteiger partial charge is 0.119 e. The first-order valence-electron chi connectivity index (χ1n) is 6.79. The molecule has 0 spiro atoms. The molecule has 20 heavy (non-hydrogen) atoms. The highest BCUT2D eigenvalue weighted by Crippen LogP contribution is 2.15. The lowest BCUT2D eigenvalue weighted by Gasteiger charge is -2.18. The van der Waals surface area contributed by atoms with E-state index in [0.29, 0.717) is 11.6 Å². The Bertz CT molecular complexity index is 502. The number of nitrogens with zero attached hydrogens (tertiary/aromatic N) is 1. The highest BCUT2D eigenvalue weighted by Gasteiger charge is 2.10. The van der Waals surface area contributed by atoms with E-state index in [-0.39, 0.29) is 6.04 Å². The fraction of sp³-hybridized carbons (Fsp3) is 0.312. The third kappa shape index (κ3) is 4.83. The number of nitrogens with one attached hydrogen (secondary N) is 1. The summed E-state index contributed by atoms with van der Waals surface area (Å²) in [6.45, 7) is 3.60. The van der Waals surface area contributed by atoms with Crippen molar-refractivity contribution in [2.75, 3.05) is 13.2 Å². The van der Waals surface area contributed by atoms with Crippen LogP contribution < -0.4 is 10.1 Å². The number of pyridine rings is 1. The number of aromatic nitrogens is 1. The molecule has 2 aromatic rings. The van der Waals surface area contributed by atoms with E-state index in [2.05, 4.69) is 17.2 Å². The van der Waals surface area contributed by atoms with Gasteiger partial charge in [0.15, 0.2) is 0 Å². The second kappa shape index (κ2) is 7.88. The van der Waals surface area contributed by atoms with Crippen LogP contribution in [0.25, 0.3) is 0 Å². The quantitative estimate of drug-likeness (QED) is 0.849. The van der Waals surface area contributed by atoms with E-state index in [4.69, 9.17) is 16.3 Å². The number of ether oxygens (including phenoxy) is 1. The second-order valence-electron chi connectivity index (χ2n) is 4.54. The molecule has 1 aromatic heterocycles. The topological polar surface area (TPSA) is 34.1 Å². The van der Waals surface area contributed by atoms with Crippen molar-refractivity contribution in [3.63, 3.8) is 0 Å². The highest BCUT2D eigenvalue weighted by atomic mass is 35.5. The van der Waals surface area contributed by atoms with Crippen LogP contribution in [0.4, 0.5) is 0 Å². The minimum absolute atomic E-state index is 0.241. The van der Waals surface area contributed by atoms with Gasteiger partial charge < -0.3 is 10.1 Å². The fourth-order valence-electron chi connectivity index (χ4n) is 1.98. The highest BCUT2D eigenvalue weighted by molar-refractivity contribution is 6.30. The Hall–Kier alpha value is -1.58. The molecule has 2 rings (SSSR count). The number of rotatable bonds is 7. The van der Waals surface area contributed by atoms with Gasteiger partial charge in [0.1, 0.15) is 12.4 Å². The molecule has 0 aliphatic rings. The van der Waals surface area contributed by atoms with Crippen LogP contribution in [0, 0.1) is 0 Å². The first-order valence-corrected chi connectivity index (χ1v) is 7.17. The number of halogens is 1. The predicted molar refractivity (Wildman–Crippen MR) is 82.4 cm³/mol. The van der Waals surface area contributed by atoms with Gasteiger partial charge in [0.2, 0.25) is 0 Å². The lowest BCUT2D eigenvalue weighted by atomic mass is 10.1. The summed E-state index contributed by atoms with van der Waals surface area (Å²) in [6, 6.07) is 13.6. The van der Waals surface area contributed by atoms with Gasteiger partial charge in [-0.15, -0.1) is 0 Å². The zero-order valence-corrected chi connectivity index (χ0v) is 12.3. The van der Waals surface area contributed by atoms with Gasteiger partial charge in [-0.25, -0.2) is 0 Å². The van der Waals surface area contributed by atoms with E-state index in [9.17, 15) is 0 Å². The Morgan fingerprint density at radius 3 is 2.65 bits per heavy atom. The monoisotopic (exact) mass is 290 g/mol. The van der Waals surface area contributed by atoms with Gasteiger partial charge in [-0.05, 0) is 42.9 Å². The molecule has 1 heterocycles. The molecule has 1 aromatic carbocycles. The molecule has 1 N–H and O–H groups in total. The molecular weight excluding hydrogens is 272 g/mol. The Labute approximate surface area is 124 Å². The zero-order chi connectivity index (χ0) is 14.2. The maximum atomic E-state index is 5.86. The second-order valence-corrected chi connectivity index (χ2v) is 4.98. The summed E-state index contributed by atoms with van der Waals surface area (Å²) >= 11 is 5.86. The van der Waals surface area contributed by atoms with Crippen LogP contribution in [0.2, 0.25) is 5.02 Å². The molecule has 0 radical (unpaired) electrons. The fourth-order valence-corrected chi connectivity index (χ4v) is 2.10. The van der Waals surface area contributed by atoms with E-state index in [1.807, 2.05) is 48.7 Å². The summed E-state index contributed by atoms with van der Waals surface area (Å²) in [5.41, 5.74) is 1.07. The minimum Gasteiger partial charge on any atom is -0.492 e. The molecule has 0 aliphatic carbocycles. The summed E-state index contributed by atoms with van der Waals surface area (Å²) in [4.78, 5) is 4.35. The maximum Gasteiger partial charge on any atom is 0.119 e. The maximum absolute atomic E-state index is 5.86. The largest absolute Gasteiger partial charge is 0.492 e. The molecule has 1 unspecified atom stereocenters. The minimum atomic E-state index is 0.241. The third-order valence-electron chi connectivity index (χ3n) is 2.94. The van der Waals surface area contributed by atoms with Gasteiger partial charge in [-0.1, -0.05) is 24.6 Å². The van der Waals surface area contributed by atoms with Crippen LogP contribution in [0.3, 0.4) is 0 Å². The first kappa shape index (κ1) is 14.8. The van der Waals surface area contributed by atoms with Crippen molar-refractivity contribution >= 4 is 11.6 Å². The van der Waals surface area contributed by atoms with Gasteiger partial charge in [0, 0.05) is 29.4 Å². The lowest BCUT2D eigenvalue weighted by Crippen LogP contribution is -2.36. The van der Waals surface area contributed by atoms with Crippen LogP contribution >= 0.6 is 11.6 Å². The van der Waals surface area contributed by atoms with Crippen molar-refractivity contribution in [1.29, 1.82) is 0 Å². The van der Waals surface area contributed by atoms with E-state index in [1.54, 1.807) is 0 Å². The molecule has 0 fully saturated rings. The molecule has 3 nitrogen and oxygen atoms in total. The average Bonchev–Trinajstić information content (AvgIpc) is 2.48. The summed E-state index contributed by atoms with van der Waals surface area (Å²) in [6.07, 6.45) is 2.67. The van der Waals surface area contributed by atoms with Crippen molar-refractivity contribution in [2.24, 2.45) is 0 Å². The van der Waals surface area contributed by atoms with Crippen molar-refractivity contribution in [3.05, 3.63) is 59.4 Å². The van der Waals surface area contributed by atoms with Gasteiger partial charge in [0.25, 0.3) is 0 Å². The van der Waals surface area contributed by atoms with Crippen LogP contribution in [0.1, 0.15) is 12.6 Å². The number of likely N-dealkylation sites (N-methyl/N-ethyl adjacent to an activating group) is 1. The Morgan fingerprint density at radius 2 is 2.00 bits per heavy atom. The number of hydrogen-bond donors (Lipinski definition) is 1. The van der Waals surface area contributed by atoms with E-state index >= 15 is 0 Å². The first-order chi connectivity index (χ1) is 9.78. The van der Waals surface area contributed by atoms with Gasteiger partial charge in [-0.3, -0.25) is 4.98 Å². The van der Waals surface area contributed by atoms with E-state index in [0.717, 1.165) is 24.4 Å². The lowest BCUT2D eigenvalue weighted by molar-refractivity contribution is 0.264. The average molecular weight is 291 g/mol. The summed E-state index contributed by atoms with van der Waals surface area (Å²) in [5, 5.41) is 4.14. The van der Waals surface area contributed by atoms with Gasteiger partial charge in [0.05, 0.1) is 0 Å². The Kier molecular flexibility index (Phi) is 5.84. The zero-order valence-electron chi connectivity index (χ0n) is 11.6.